The van der Waals surface area contributed by atoms with E-state index in [1.54, 1.807) is 12.3 Å². The number of H-pyrrole nitrogens is 1. The zero-order valence-electron chi connectivity index (χ0n) is 15.9. The fourth-order valence-corrected chi connectivity index (χ4v) is 3.57. The molecule has 2 atom stereocenters. The summed E-state index contributed by atoms with van der Waals surface area (Å²) >= 11 is 0. The Balaban J connectivity index is 1.31. The molecule has 1 amide bonds. The number of aromatic amines is 1. The summed E-state index contributed by atoms with van der Waals surface area (Å²) < 4.78 is 11.1. The van der Waals surface area contributed by atoms with E-state index < -0.39 is 0 Å². The summed E-state index contributed by atoms with van der Waals surface area (Å²) in [5.41, 5.74) is 2.85. The van der Waals surface area contributed by atoms with E-state index in [1.807, 2.05) is 32.2 Å². The second-order valence-corrected chi connectivity index (χ2v) is 7.32. The number of hydrogen-bond donors (Lipinski definition) is 2. The van der Waals surface area contributed by atoms with Crippen LogP contribution < -0.4 is 10.1 Å². The number of aromatic nitrogens is 4. The van der Waals surface area contributed by atoms with Gasteiger partial charge >= 0.3 is 0 Å². The summed E-state index contributed by atoms with van der Waals surface area (Å²) in [5.74, 6) is 2.01. The van der Waals surface area contributed by atoms with Crippen molar-refractivity contribution in [3.63, 3.8) is 0 Å². The average molecular weight is 381 g/mol. The van der Waals surface area contributed by atoms with Crippen molar-refractivity contribution in [2.75, 3.05) is 5.32 Å². The van der Waals surface area contributed by atoms with Crippen LogP contribution in [0.2, 0.25) is 0 Å². The van der Waals surface area contributed by atoms with Crippen LogP contribution in [0.3, 0.4) is 0 Å². The van der Waals surface area contributed by atoms with Gasteiger partial charge in [-0.3, -0.25) is 14.9 Å². The van der Waals surface area contributed by atoms with Crippen molar-refractivity contribution in [1.29, 1.82) is 0 Å². The second-order valence-electron chi connectivity index (χ2n) is 7.32. The lowest BCUT2D eigenvalue weighted by Gasteiger charge is -2.13. The molecule has 8 heteroatoms. The SMILES string of the molecule is Cc1cncc(O[C@@H]2CC[C@H](c3cc(NC(=O)Cc4cc(C)no4)n[nH]3)C2)c1. The minimum absolute atomic E-state index is 0.132. The fraction of sp³-hybridized carbons (Fsp3) is 0.400. The third kappa shape index (κ3) is 4.39. The van der Waals surface area contributed by atoms with Crippen molar-refractivity contribution in [3.05, 3.63) is 53.3 Å². The summed E-state index contributed by atoms with van der Waals surface area (Å²) in [4.78, 5) is 16.3. The lowest BCUT2D eigenvalue weighted by Crippen LogP contribution is -2.14. The van der Waals surface area contributed by atoms with Crippen molar-refractivity contribution < 1.29 is 14.1 Å². The highest BCUT2D eigenvalue weighted by Crippen LogP contribution is 2.36. The average Bonchev–Trinajstić information content (AvgIpc) is 3.37. The van der Waals surface area contributed by atoms with Gasteiger partial charge in [0.05, 0.1) is 24.4 Å². The van der Waals surface area contributed by atoms with Crippen molar-refractivity contribution in [1.82, 2.24) is 20.3 Å². The van der Waals surface area contributed by atoms with E-state index in [0.29, 0.717) is 17.5 Å². The molecule has 8 nitrogen and oxygen atoms in total. The van der Waals surface area contributed by atoms with Crippen LogP contribution in [0.5, 0.6) is 5.75 Å². The molecule has 146 valence electrons. The van der Waals surface area contributed by atoms with Crippen LogP contribution in [0.15, 0.2) is 35.1 Å². The molecular weight excluding hydrogens is 358 g/mol. The number of aryl methyl sites for hydroxylation is 2. The van der Waals surface area contributed by atoms with E-state index in [-0.39, 0.29) is 18.4 Å². The Hall–Kier alpha value is -3.16. The van der Waals surface area contributed by atoms with Crippen molar-refractivity contribution in [2.24, 2.45) is 0 Å². The Labute approximate surface area is 162 Å². The highest BCUT2D eigenvalue weighted by Gasteiger charge is 2.29. The Kier molecular flexibility index (Phi) is 5.10. The number of anilines is 1. The number of carbonyl (C=O) groups is 1. The van der Waals surface area contributed by atoms with Crippen LogP contribution in [-0.2, 0) is 11.2 Å². The van der Waals surface area contributed by atoms with Gasteiger partial charge in [0.25, 0.3) is 0 Å². The number of hydrogen-bond acceptors (Lipinski definition) is 6. The topological polar surface area (TPSA) is 106 Å². The molecule has 0 unspecified atom stereocenters. The maximum atomic E-state index is 12.1. The van der Waals surface area contributed by atoms with E-state index in [9.17, 15) is 4.79 Å². The maximum absolute atomic E-state index is 12.1. The molecule has 0 aliphatic heterocycles. The predicted octanol–water partition coefficient (Wildman–Crippen LogP) is 3.31. The van der Waals surface area contributed by atoms with Crippen molar-refractivity contribution in [3.8, 4) is 5.75 Å². The van der Waals surface area contributed by atoms with E-state index in [2.05, 4.69) is 25.7 Å². The van der Waals surface area contributed by atoms with Gasteiger partial charge in [0, 0.05) is 29.9 Å². The number of nitrogens with one attached hydrogen (secondary N) is 2. The molecule has 28 heavy (non-hydrogen) atoms. The number of amides is 1. The molecule has 1 fully saturated rings. The van der Waals surface area contributed by atoms with Crippen LogP contribution in [0.4, 0.5) is 5.82 Å². The molecule has 0 radical (unpaired) electrons. The molecule has 3 aromatic rings. The highest BCUT2D eigenvalue weighted by molar-refractivity contribution is 5.91. The Morgan fingerprint density at radius 2 is 2.18 bits per heavy atom. The van der Waals surface area contributed by atoms with E-state index in [4.69, 9.17) is 9.26 Å². The lowest BCUT2D eigenvalue weighted by atomic mass is 10.0. The molecule has 0 saturated heterocycles. The second kappa shape index (κ2) is 7.84. The smallest absolute Gasteiger partial charge is 0.233 e. The van der Waals surface area contributed by atoms with Gasteiger partial charge < -0.3 is 14.6 Å². The highest BCUT2D eigenvalue weighted by atomic mass is 16.5. The molecule has 1 aliphatic rings. The molecular formula is C20H23N5O3. The first kappa shape index (κ1) is 18.2. The normalized spacial score (nSPS) is 18.9. The van der Waals surface area contributed by atoms with Gasteiger partial charge in [0.2, 0.25) is 5.91 Å². The Morgan fingerprint density at radius 3 is 2.96 bits per heavy atom. The van der Waals surface area contributed by atoms with Crippen molar-refractivity contribution >= 4 is 11.7 Å². The third-order valence-electron chi connectivity index (χ3n) is 4.85. The monoisotopic (exact) mass is 381 g/mol. The van der Waals surface area contributed by atoms with Gasteiger partial charge in [-0.15, -0.1) is 0 Å². The number of carbonyl (C=O) groups excluding carboxylic acids is 1. The van der Waals surface area contributed by atoms with Gasteiger partial charge in [-0.05, 0) is 44.7 Å². The molecule has 0 spiro atoms. The first-order valence-electron chi connectivity index (χ1n) is 9.41. The molecule has 4 rings (SSSR count). The first-order chi connectivity index (χ1) is 13.5. The third-order valence-corrected chi connectivity index (χ3v) is 4.85. The lowest BCUT2D eigenvalue weighted by molar-refractivity contribution is -0.115. The molecule has 3 aromatic heterocycles. The zero-order valence-corrected chi connectivity index (χ0v) is 15.9. The first-order valence-corrected chi connectivity index (χ1v) is 9.41. The Bertz CT molecular complexity index is 964. The molecule has 1 aliphatic carbocycles. The van der Waals surface area contributed by atoms with Gasteiger partial charge in [0.15, 0.2) is 5.82 Å². The van der Waals surface area contributed by atoms with Gasteiger partial charge in [-0.2, -0.15) is 5.10 Å². The molecule has 3 heterocycles. The molecule has 0 aromatic carbocycles. The van der Waals surface area contributed by atoms with Gasteiger partial charge in [0.1, 0.15) is 11.5 Å². The standard InChI is InChI=1S/C20H23N5O3/c1-12-5-17(11-21-10-12)27-15-4-3-14(7-15)18-9-19(24-23-18)22-20(26)8-16-6-13(2)25-28-16/h5-6,9-11,14-15H,3-4,7-8H2,1-2H3,(H2,22,23,24,26)/t14-,15+/m0/s1. The summed E-state index contributed by atoms with van der Waals surface area (Å²) in [5, 5.41) is 13.8. The molecule has 1 saturated carbocycles. The Morgan fingerprint density at radius 1 is 1.29 bits per heavy atom. The summed E-state index contributed by atoms with van der Waals surface area (Å²) in [6, 6.07) is 5.64. The van der Waals surface area contributed by atoms with Crippen molar-refractivity contribution in [2.45, 2.75) is 51.6 Å². The molecule has 2 N–H and O–H groups in total. The van der Waals surface area contributed by atoms with Crippen LogP contribution >= 0.6 is 0 Å². The van der Waals surface area contributed by atoms with Crippen LogP contribution in [0.25, 0.3) is 0 Å². The molecule has 0 bridgehead atoms. The number of rotatable bonds is 6. The summed E-state index contributed by atoms with van der Waals surface area (Å²) in [6.07, 6.45) is 6.74. The zero-order chi connectivity index (χ0) is 19.5. The van der Waals surface area contributed by atoms with Crippen LogP contribution in [0.1, 0.15) is 47.9 Å². The summed E-state index contributed by atoms with van der Waals surface area (Å²) in [7, 11) is 0. The predicted molar refractivity (Wildman–Crippen MR) is 102 cm³/mol. The van der Waals surface area contributed by atoms with Crippen LogP contribution in [0, 0.1) is 13.8 Å². The van der Waals surface area contributed by atoms with E-state index in [1.165, 1.54) is 0 Å². The number of ether oxygens (including phenoxy) is 1. The minimum Gasteiger partial charge on any atom is -0.489 e. The number of pyridine rings is 1. The maximum Gasteiger partial charge on any atom is 0.233 e. The van der Waals surface area contributed by atoms with Gasteiger partial charge in [-0.25, -0.2) is 0 Å². The minimum atomic E-state index is -0.186. The van der Waals surface area contributed by atoms with E-state index in [0.717, 1.165) is 42.0 Å². The largest absolute Gasteiger partial charge is 0.489 e. The van der Waals surface area contributed by atoms with Gasteiger partial charge in [-0.1, -0.05) is 5.16 Å². The number of nitrogens with zero attached hydrogens (tertiary/aromatic N) is 3. The van der Waals surface area contributed by atoms with Crippen LogP contribution in [-0.4, -0.2) is 32.3 Å². The van der Waals surface area contributed by atoms with E-state index >= 15 is 0 Å². The summed E-state index contributed by atoms with van der Waals surface area (Å²) in [6.45, 7) is 3.82. The fourth-order valence-electron chi connectivity index (χ4n) is 3.57. The quantitative estimate of drug-likeness (QED) is 0.678.